The average Bonchev–Trinajstić information content (AvgIpc) is 2.89. The van der Waals surface area contributed by atoms with Crippen molar-refractivity contribution in [1.29, 1.82) is 0 Å². The topological polar surface area (TPSA) is 69.7 Å². The Kier molecular flexibility index (Phi) is 5.32. The minimum absolute atomic E-state index is 0.104. The molecule has 0 spiro atoms. The van der Waals surface area contributed by atoms with Crippen molar-refractivity contribution >= 4 is 32.4 Å². The van der Waals surface area contributed by atoms with Crippen molar-refractivity contribution in [3.63, 3.8) is 0 Å². The van der Waals surface area contributed by atoms with Crippen LogP contribution in [0.4, 0.5) is 5.69 Å². The zero-order valence-electron chi connectivity index (χ0n) is 15.4. The van der Waals surface area contributed by atoms with E-state index in [0.29, 0.717) is 22.9 Å². The molecule has 2 aromatic carbocycles. The molecule has 0 saturated carbocycles. The number of rotatable bonds is 8. The number of anilines is 1. The molecule has 26 heavy (non-hydrogen) atoms. The molecular weight excluding hydrogens is 350 g/mol. The van der Waals surface area contributed by atoms with E-state index in [4.69, 9.17) is 0 Å². The molecule has 3 rings (SSSR count). The van der Waals surface area contributed by atoms with Crippen LogP contribution < -0.4 is 9.62 Å². The number of nitrogens with one attached hydrogen (secondary N) is 1. The van der Waals surface area contributed by atoms with Gasteiger partial charge in [-0.1, -0.05) is 26.0 Å². The summed E-state index contributed by atoms with van der Waals surface area (Å²) in [6.07, 6.45) is 0.753. The Bertz CT molecular complexity index is 936. The smallest absolute Gasteiger partial charge is 0.258 e. The summed E-state index contributed by atoms with van der Waals surface area (Å²) in [6, 6.07) is 8.53. The van der Waals surface area contributed by atoms with Crippen molar-refractivity contribution in [1.82, 2.24) is 9.62 Å². The number of carbonyl (C=O) groups is 1. The molecule has 2 aromatic rings. The molecule has 1 N–H and O–H groups in total. The largest absolute Gasteiger partial charge is 0.311 e. The van der Waals surface area contributed by atoms with Crippen molar-refractivity contribution in [2.45, 2.75) is 25.2 Å². The van der Waals surface area contributed by atoms with E-state index in [1.165, 1.54) is 0 Å². The SMILES string of the molecule is CCN(CC)CCCNS(=O)(=O)c1ccc2c3c(cccc13)C(=O)N2C. The number of carbonyl (C=O) groups excluding carboxylic acids is 1. The molecular formula is C19H25N3O3S. The van der Waals surface area contributed by atoms with Crippen LogP contribution >= 0.6 is 0 Å². The van der Waals surface area contributed by atoms with E-state index in [9.17, 15) is 13.2 Å². The second-order valence-electron chi connectivity index (χ2n) is 6.45. The predicted molar refractivity (Wildman–Crippen MR) is 104 cm³/mol. The maximum Gasteiger partial charge on any atom is 0.258 e. The number of hydrogen-bond acceptors (Lipinski definition) is 4. The molecule has 1 heterocycles. The zero-order valence-corrected chi connectivity index (χ0v) is 16.3. The van der Waals surface area contributed by atoms with Gasteiger partial charge in [0.25, 0.3) is 5.91 Å². The number of sulfonamides is 1. The van der Waals surface area contributed by atoms with Gasteiger partial charge in [-0.2, -0.15) is 0 Å². The zero-order chi connectivity index (χ0) is 18.9. The summed E-state index contributed by atoms with van der Waals surface area (Å²) in [7, 11) is -1.93. The molecule has 0 aromatic heterocycles. The van der Waals surface area contributed by atoms with Gasteiger partial charge in [0.1, 0.15) is 0 Å². The molecule has 1 amide bonds. The van der Waals surface area contributed by atoms with Crippen molar-refractivity contribution in [2.24, 2.45) is 0 Å². The molecule has 6 nitrogen and oxygen atoms in total. The molecule has 1 aliphatic rings. The highest BCUT2D eigenvalue weighted by Gasteiger charge is 2.29. The molecule has 0 bridgehead atoms. The molecule has 1 aliphatic heterocycles. The van der Waals surface area contributed by atoms with Gasteiger partial charge in [-0.15, -0.1) is 0 Å². The summed E-state index contributed by atoms with van der Waals surface area (Å²) in [6.45, 7) is 7.36. The first kappa shape index (κ1) is 18.8. The van der Waals surface area contributed by atoms with Crippen LogP contribution in [0.15, 0.2) is 35.2 Å². The fraction of sp³-hybridized carbons (Fsp3) is 0.421. The fourth-order valence-corrected chi connectivity index (χ4v) is 4.75. The summed E-state index contributed by atoms with van der Waals surface area (Å²) >= 11 is 0. The van der Waals surface area contributed by atoms with Crippen LogP contribution in [-0.2, 0) is 10.0 Å². The Morgan fingerprint density at radius 1 is 1.12 bits per heavy atom. The van der Waals surface area contributed by atoms with Crippen LogP contribution in [0.25, 0.3) is 10.8 Å². The van der Waals surface area contributed by atoms with Gasteiger partial charge in [-0.3, -0.25) is 4.79 Å². The fourth-order valence-electron chi connectivity index (χ4n) is 3.47. The van der Waals surface area contributed by atoms with E-state index in [1.807, 2.05) is 0 Å². The second-order valence-corrected chi connectivity index (χ2v) is 8.19. The molecule has 0 atom stereocenters. The van der Waals surface area contributed by atoms with Gasteiger partial charge in [0.2, 0.25) is 10.0 Å². The summed E-state index contributed by atoms with van der Waals surface area (Å²) in [5.41, 5.74) is 1.31. The Balaban J connectivity index is 1.86. The van der Waals surface area contributed by atoms with Crippen LogP contribution in [0.5, 0.6) is 0 Å². The minimum Gasteiger partial charge on any atom is -0.311 e. The lowest BCUT2D eigenvalue weighted by Crippen LogP contribution is -2.30. The highest BCUT2D eigenvalue weighted by atomic mass is 32.2. The molecule has 0 radical (unpaired) electrons. The van der Waals surface area contributed by atoms with E-state index >= 15 is 0 Å². The van der Waals surface area contributed by atoms with E-state index in [1.54, 1.807) is 42.3 Å². The first-order valence-corrected chi connectivity index (χ1v) is 10.4. The Labute approximate surface area is 154 Å². The summed E-state index contributed by atoms with van der Waals surface area (Å²) in [4.78, 5) is 16.4. The number of amides is 1. The molecule has 7 heteroatoms. The average molecular weight is 375 g/mol. The normalized spacial score (nSPS) is 14.0. The third kappa shape index (κ3) is 3.22. The van der Waals surface area contributed by atoms with Crippen LogP contribution in [0.3, 0.4) is 0 Å². The lowest BCUT2D eigenvalue weighted by Gasteiger charge is -2.18. The van der Waals surface area contributed by atoms with Gasteiger partial charge >= 0.3 is 0 Å². The number of benzene rings is 2. The Hall–Kier alpha value is -1.96. The third-order valence-electron chi connectivity index (χ3n) is 5.00. The maximum absolute atomic E-state index is 12.8. The van der Waals surface area contributed by atoms with Gasteiger partial charge in [0.15, 0.2) is 0 Å². The highest BCUT2D eigenvalue weighted by molar-refractivity contribution is 7.89. The summed E-state index contributed by atoms with van der Waals surface area (Å²) < 4.78 is 28.3. The van der Waals surface area contributed by atoms with Gasteiger partial charge in [-0.25, -0.2) is 13.1 Å². The van der Waals surface area contributed by atoms with E-state index in [-0.39, 0.29) is 10.8 Å². The lowest BCUT2D eigenvalue weighted by atomic mass is 10.1. The molecule has 0 saturated heterocycles. The van der Waals surface area contributed by atoms with Crippen molar-refractivity contribution in [3.8, 4) is 0 Å². The van der Waals surface area contributed by atoms with Crippen LogP contribution in [-0.4, -0.2) is 52.5 Å². The van der Waals surface area contributed by atoms with Gasteiger partial charge in [-0.05, 0) is 44.3 Å². The Morgan fingerprint density at radius 3 is 2.54 bits per heavy atom. The number of nitrogens with zero attached hydrogens (tertiary/aromatic N) is 2. The first-order valence-electron chi connectivity index (χ1n) is 8.96. The third-order valence-corrected chi connectivity index (χ3v) is 6.52. The van der Waals surface area contributed by atoms with Gasteiger partial charge in [0, 0.05) is 29.9 Å². The summed E-state index contributed by atoms with van der Waals surface area (Å²) in [5, 5.41) is 1.31. The number of hydrogen-bond donors (Lipinski definition) is 1. The maximum atomic E-state index is 12.8. The van der Waals surface area contributed by atoms with E-state index < -0.39 is 10.0 Å². The lowest BCUT2D eigenvalue weighted by molar-refractivity contribution is 0.0999. The molecule has 0 fully saturated rings. The monoisotopic (exact) mass is 375 g/mol. The standard InChI is InChI=1S/C19H25N3O3S/c1-4-22(5-2)13-7-12-20-26(24,25)17-11-10-16-18-14(17)8-6-9-15(18)19(23)21(16)3/h6,8-11,20H,4-5,7,12-13H2,1-3H3. The predicted octanol–water partition coefficient (Wildman–Crippen LogP) is 2.44. The van der Waals surface area contributed by atoms with Crippen molar-refractivity contribution < 1.29 is 13.2 Å². The molecule has 0 unspecified atom stereocenters. The van der Waals surface area contributed by atoms with Crippen molar-refractivity contribution in [3.05, 3.63) is 35.9 Å². The van der Waals surface area contributed by atoms with Crippen molar-refractivity contribution in [2.75, 3.05) is 38.1 Å². The summed E-state index contributed by atoms with van der Waals surface area (Å²) in [5.74, 6) is -0.104. The minimum atomic E-state index is -3.64. The van der Waals surface area contributed by atoms with Gasteiger partial charge < -0.3 is 9.80 Å². The highest BCUT2D eigenvalue weighted by Crippen LogP contribution is 2.39. The second kappa shape index (κ2) is 7.34. The quantitative estimate of drug-likeness (QED) is 0.720. The van der Waals surface area contributed by atoms with Gasteiger partial charge in [0.05, 0.1) is 10.6 Å². The molecule has 0 aliphatic carbocycles. The van der Waals surface area contributed by atoms with Crippen LogP contribution in [0.2, 0.25) is 0 Å². The van der Waals surface area contributed by atoms with Crippen LogP contribution in [0, 0.1) is 0 Å². The first-order chi connectivity index (χ1) is 12.4. The van der Waals surface area contributed by atoms with Crippen LogP contribution in [0.1, 0.15) is 30.6 Å². The van der Waals surface area contributed by atoms with E-state index in [0.717, 1.165) is 31.7 Å². The Morgan fingerprint density at radius 2 is 1.85 bits per heavy atom. The van der Waals surface area contributed by atoms with E-state index in [2.05, 4.69) is 23.5 Å². The molecule has 140 valence electrons.